The molecule has 2 aliphatic rings. The maximum atomic E-state index is 13.4. The number of nitrogens with one attached hydrogen (secondary N) is 1. The van der Waals surface area contributed by atoms with E-state index in [9.17, 15) is 19.2 Å². The Morgan fingerprint density at radius 1 is 0.951 bits per heavy atom. The van der Waals surface area contributed by atoms with Crippen LogP contribution in [0.15, 0.2) is 47.2 Å². The molecule has 41 heavy (non-hydrogen) atoms. The van der Waals surface area contributed by atoms with Gasteiger partial charge in [-0.3, -0.25) is 14.4 Å². The fourth-order valence-electron chi connectivity index (χ4n) is 5.38. The Morgan fingerprint density at radius 3 is 2.20 bits per heavy atom. The zero-order valence-corrected chi connectivity index (χ0v) is 25.2. The van der Waals surface area contributed by atoms with Gasteiger partial charge < -0.3 is 34.7 Å². The lowest BCUT2D eigenvalue weighted by molar-refractivity contribution is -0.125. The summed E-state index contributed by atoms with van der Waals surface area (Å²) in [6, 6.07) is 0. The number of nitrogens with two attached hydrogens (primary N) is 1. The van der Waals surface area contributed by atoms with Gasteiger partial charge in [0.25, 0.3) is 0 Å². The Bertz CT molecular complexity index is 1090. The fourth-order valence-corrected chi connectivity index (χ4v) is 5.38. The minimum absolute atomic E-state index is 0.100. The minimum Gasteiger partial charge on any atom is -0.439 e. The highest BCUT2D eigenvalue weighted by atomic mass is 16.6. The standard InChI is InChI=1S/C30H44N2O9/c1-16-10-9-11-23(37-5)28(41-30(31)36)18(3)12-17(2)27(40-8)24(38-6)13-19(4)26(39-7)21-14-20(33)15-22(25(21)34)32-29(16)35/h9,11-12,14-17,19,23-24,26-28H,10,13H2,1-8H3,(H2,31,36)(H,32,35)/b11-9-,18-12+. The molecule has 0 aromatic carbocycles. The summed E-state index contributed by atoms with van der Waals surface area (Å²) >= 11 is 0. The van der Waals surface area contributed by atoms with Crippen LogP contribution < -0.4 is 11.1 Å². The van der Waals surface area contributed by atoms with Crippen LogP contribution >= 0.6 is 0 Å². The topological polar surface area (TPSA) is 152 Å². The van der Waals surface area contributed by atoms with Gasteiger partial charge in [0, 0.05) is 51.9 Å². The van der Waals surface area contributed by atoms with Crippen LogP contribution in [0, 0.1) is 17.8 Å². The number of ether oxygens (including phenoxy) is 5. The molecule has 0 saturated heterocycles. The third kappa shape index (κ3) is 8.93. The number of ketones is 2. The Morgan fingerprint density at radius 2 is 1.63 bits per heavy atom. The molecule has 2 amide bonds. The molecular formula is C30H44N2O9. The summed E-state index contributed by atoms with van der Waals surface area (Å²) < 4.78 is 28.5. The summed E-state index contributed by atoms with van der Waals surface area (Å²) in [5.41, 5.74) is 6.14. The monoisotopic (exact) mass is 576 g/mol. The first-order valence-electron chi connectivity index (χ1n) is 13.6. The SMILES string of the molecule is COC1/C=C\CC(C)C(=O)NC2=CC(=O)C=C(C2=O)C(OC)C(C)CC(OC)C(OC)C(C)/C=C(\C)C1OC(N)=O. The van der Waals surface area contributed by atoms with Gasteiger partial charge in [-0.1, -0.05) is 39.0 Å². The van der Waals surface area contributed by atoms with E-state index in [2.05, 4.69) is 5.32 Å². The van der Waals surface area contributed by atoms with E-state index in [0.717, 1.165) is 6.08 Å². The molecule has 2 rings (SSSR count). The van der Waals surface area contributed by atoms with E-state index in [4.69, 9.17) is 29.4 Å². The van der Waals surface area contributed by atoms with E-state index in [1.54, 1.807) is 33.3 Å². The quantitative estimate of drug-likeness (QED) is 0.372. The number of primary amides is 1. The normalized spacial score (nSPS) is 34.5. The van der Waals surface area contributed by atoms with Crippen molar-refractivity contribution in [2.75, 3.05) is 28.4 Å². The summed E-state index contributed by atoms with van der Waals surface area (Å²) in [6.45, 7) is 7.34. The number of rotatable bonds is 5. The molecule has 1 heterocycles. The van der Waals surface area contributed by atoms with Crippen molar-refractivity contribution in [1.82, 2.24) is 5.32 Å². The molecule has 3 N–H and O–H groups in total. The molecule has 0 aromatic rings. The first kappa shape index (κ1) is 34.1. The highest BCUT2D eigenvalue weighted by molar-refractivity contribution is 6.21. The Balaban J connectivity index is 2.60. The van der Waals surface area contributed by atoms with Gasteiger partial charge in [-0.15, -0.1) is 0 Å². The summed E-state index contributed by atoms with van der Waals surface area (Å²) in [5, 5.41) is 2.61. The van der Waals surface area contributed by atoms with Crippen LogP contribution in [0.1, 0.15) is 40.5 Å². The molecule has 2 bridgehead atoms. The van der Waals surface area contributed by atoms with Crippen molar-refractivity contribution < 1.29 is 42.9 Å². The van der Waals surface area contributed by atoms with E-state index >= 15 is 0 Å². The second-order valence-corrected chi connectivity index (χ2v) is 10.6. The van der Waals surface area contributed by atoms with Crippen LogP contribution in [0.4, 0.5) is 4.79 Å². The van der Waals surface area contributed by atoms with Gasteiger partial charge in [0.05, 0.1) is 24.0 Å². The maximum absolute atomic E-state index is 13.4. The number of hydrogen-bond donors (Lipinski definition) is 2. The molecular weight excluding hydrogens is 532 g/mol. The van der Waals surface area contributed by atoms with Gasteiger partial charge in [-0.25, -0.2) is 4.79 Å². The molecule has 11 heteroatoms. The van der Waals surface area contributed by atoms with Gasteiger partial charge in [0.15, 0.2) is 11.9 Å². The lowest BCUT2D eigenvalue weighted by Crippen LogP contribution is -2.41. The molecule has 8 atom stereocenters. The van der Waals surface area contributed by atoms with Crippen molar-refractivity contribution in [2.24, 2.45) is 23.5 Å². The van der Waals surface area contributed by atoms with Crippen LogP contribution in [0.3, 0.4) is 0 Å². The highest BCUT2D eigenvalue weighted by Crippen LogP contribution is 2.30. The average Bonchev–Trinajstić information content (AvgIpc) is 2.91. The molecule has 11 nitrogen and oxygen atoms in total. The number of Topliss-reactive ketones (excluding diaryl/α,β-unsaturated/α-hetero) is 1. The van der Waals surface area contributed by atoms with E-state index in [1.807, 2.05) is 26.8 Å². The minimum atomic E-state index is -0.956. The van der Waals surface area contributed by atoms with Crippen molar-refractivity contribution in [2.45, 2.75) is 71.1 Å². The summed E-state index contributed by atoms with van der Waals surface area (Å²) in [6.07, 6.45) is 4.31. The number of allylic oxidation sites excluding steroid dienone is 4. The Labute approximate surface area is 242 Å². The zero-order valence-electron chi connectivity index (χ0n) is 25.2. The van der Waals surface area contributed by atoms with Gasteiger partial charge in [-0.05, 0) is 37.3 Å². The Kier molecular flexibility index (Phi) is 13.1. The largest absolute Gasteiger partial charge is 0.439 e. The van der Waals surface area contributed by atoms with Gasteiger partial charge in [0.2, 0.25) is 11.7 Å². The molecule has 228 valence electrons. The van der Waals surface area contributed by atoms with Crippen molar-refractivity contribution in [3.63, 3.8) is 0 Å². The number of carbonyl (C=O) groups excluding carboxylic acids is 4. The van der Waals surface area contributed by atoms with Crippen LogP contribution in [-0.2, 0) is 38.1 Å². The van der Waals surface area contributed by atoms with E-state index in [0.29, 0.717) is 12.0 Å². The second kappa shape index (κ2) is 15.8. The molecule has 0 aromatic heterocycles. The van der Waals surface area contributed by atoms with Gasteiger partial charge in [-0.2, -0.15) is 0 Å². The number of fused-ring (bicyclic) bond motifs is 2. The maximum Gasteiger partial charge on any atom is 0.405 e. The summed E-state index contributed by atoms with van der Waals surface area (Å²) in [5.74, 6) is -2.39. The van der Waals surface area contributed by atoms with Crippen LogP contribution in [0.2, 0.25) is 0 Å². The Hall–Kier alpha value is -3.12. The van der Waals surface area contributed by atoms with Crippen molar-refractivity contribution in [3.8, 4) is 0 Å². The summed E-state index contributed by atoms with van der Waals surface area (Å²) in [7, 11) is 6.09. The van der Waals surface area contributed by atoms with Crippen molar-refractivity contribution in [1.29, 1.82) is 0 Å². The molecule has 1 aliphatic heterocycles. The smallest absolute Gasteiger partial charge is 0.405 e. The number of hydrogen-bond acceptors (Lipinski definition) is 9. The first-order valence-corrected chi connectivity index (χ1v) is 13.6. The van der Waals surface area contributed by atoms with Crippen LogP contribution in [0.5, 0.6) is 0 Å². The third-order valence-corrected chi connectivity index (χ3v) is 7.54. The van der Waals surface area contributed by atoms with E-state index < -0.39 is 60.0 Å². The molecule has 0 saturated carbocycles. The lowest BCUT2D eigenvalue weighted by atomic mass is 9.84. The predicted molar refractivity (Wildman–Crippen MR) is 152 cm³/mol. The van der Waals surface area contributed by atoms with Crippen LogP contribution in [-0.4, -0.2) is 82.5 Å². The molecule has 8 unspecified atom stereocenters. The molecule has 1 aliphatic carbocycles. The van der Waals surface area contributed by atoms with E-state index in [1.165, 1.54) is 20.3 Å². The van der Waals surface area contributed by atoms with Gasteiger partial charge >= 0.3 is 6.09 Å². The highest BCUT2D eigenvalue weighted by Gasteiger charge is 2.36. The van der Waals surface area contributed by atoms with Crippen molar-refractivity contribution >= 4 is 23.6 Å². The first-order chi connectivity index (χ1) is 19.4. The second-order valence-electron chi connectivity index (χ2n) is 10.6. The predicted octanol–water partition coefficient (Wildman–Crippen LogP) is 2.79. The molecule has 0 radical (unpaired) electrons. The van der Waals surface area contributed by atoms with E-state index in [-0.39, 0.29) is 29.5 Å². The molecule has 0 spiro atoms. The summed E-state index contributed by atoms with van der Waals surface area (Å²) in [4.78, 5) is 50.7. The zero-order chi connectivity index (χ0) is 30.9. The lowest BCUT2D eigenvalue weighted by Gasteiger charge is -2.34. The average molecular weight is 577 g/mol. The third-order valence-electron chi connectivity index (χ3n) is 7.54. The van der Waals surface area contributed by atoms with Crippen LogP contribution in [0.25, 0.3) is 0 Å². The number of carbonyl (C=O) groups is 4. The molecule has 0 fully saturated rings. The van der Waals surface area contributed by atoms with Gasteiger partial charge in [0.1, 0.15) is 6.10 Å². The van der Waals surface area contributed by atoms with Crippen molar-refractivity contribution in [3.05, 3.63) is 47.2 Å². The number of amides is 2. The fraction of sp³-hybridized carbons (Fsp3) is 0.600. The number of methoxy groups -OCH3 is 4.